The molecule has 1 heterocycles. The van der Waals surface area contributed by atoms with E-state index in [0.717, 1.165) is 30.8 Å². The maximum atomic E-state index is 12.6. The molecule has 2 aromatic rings. The van der Waals surface area contributed by atoms with Crippen molar-refractivity contribution in [2.24, 2.45) is 11.8 Å². The Kier molecular flexibility index (Phi) is 6.28. The lowest BCUT2D eigenvalue weighted by Crippen LogP contribution is -2.45. The number of anilines is 2. The van der Waals surface area contributed by atoms with Crippen LogP contribution in [0, 0.1) is 11.8 Å². The molecule has 1 aliphatic heterocycles. The molecule has 4 rings (SSSR count). The molecule has 2 amide bonds. The lowest BCUT2D eigenvalue weighted by atomic mass is 10.0. The van der Waals surface area contributed by atoms with E-state index in [0.29, 0.717) is 17.5 Å². The van der Waals surface area contributed by atoms with E-state index in [1.54, 1.807) is 0 Å². The molecule has 0 bridgehead atoms. The van der Waals surface area contributed by atoms with E-state index in [9.17, 15) is 9.59 Å². The van der Waals surface area contributed by atoms with Crippen LogP contribution in [-0.4, -0.2) is 37.1 Å². The molecule has 0 radical (unpaired) electrons. The van der Waals surface area contributed by atoms with E-state index in [4.69, 9.17) is 4.74 Å². The van der Waals surface area contributed by atoms with Crippen LogP contribution in [0.25, 0.3) is 0 Å². The Morgan fingerprint density at radius 2 is 1.55 bits per heavy atom. The average molecular weight is 422 g/mol. The zero-order valence-corrected chi connectivity index (χ0v) is 18.4. The number of morpholine rings is 1. The van der Waals surface area contributed by atoms with Crippen molar-refractivity contribution in [3.63, 3.8) is 0 Å². The normalized spacial score (nSPS) is 26.1. The molecule has 5 atom stereocenters. The van der Waals surface area contributed by atoms with E-state index in [1.807, 2.05) is 54.6 Å². The summed E-state index contributed by atoms with van der Waals surface area (Å²) in [7, 11) is 0. The lowest BCUT2D eigenvalue weighted by Gasteiger charge is -2.36. The van der Waals surface area contributed by atoms with Gasteiger partial charge in [0, 0.05) is 24.5 Å². The highest BCUT2D eigenvalue weighted by atomic mass is 16.5. The van der Waals surface area contributed by atoms with E-state index < -0.39 is 11.8 Å². The molecule has 6 nitrogen and oxygen atoms in total. The van der Waals surface area contributed by atoms with Crippen LogP contribution in [0.4, 0.5) is 11.4 Å². The number of carbonyl (C=O) groups is 2. The first-order valence-corrected chi connectivity index (χ1v) is 11.1. The third-order valence-corrected chi connectivity index (χ3v) is 6.16. The molecule has 5 unspecified atom stereocenters. The number of amides is 2. The summed E-state index contributed by atoms with van der Waals surface area (Å²) in [6.45, 7) is 7.98. The Bertz CT molecular complexity index is 905. The lowest BCUT2D eigenvalue weighted by molar-refractivity contribution is -0.136. The zero-order chi connectivity index (χ0) is 22.0. The van der Waals surface area contributed by atoms with Gasteiger partial charge >= 0.3 is 11.8 Å². The van der Waals surface area contributed by atoms with Gasteiger partial charge in [-0.05, 0) is 61.9 Å². The molecule has 164 valence electrons. The van der Waals surface area contributed by atoms with Crippen molar-refractivity contribution in [2.75, 3.05) is 23.3 Å². The first kappa shape index (κ1) is 21.4. The summed E-state index contributed by atoms with van der Waals surface area (Å²) >= 11 is 0. The number of benzene rings is 2. The summed E-state index contributed by atoms with van der Waals surface area (Å²) < 4.78 is 5.79. The van der Waals surface area contributed by atoms with Gasteiger partial charge in [0.25, 0.3) is 0 Å². The summed E-state index contributed by atoms with van der Waals surface area (Å²) in [6.07, 6.45) is 1.42. The molecular formula is C25H31N3O3. The van der Waals surface area contributed by atoms with Gasteiger partial charge in [-0.2, -0.15) is 0 Å². The van der Waals surface area contributed by atoms with Gasteiger partial charge in [0.05, 0.1) is 18.2 Å². The summed E-state index contributed by atoms with van der Waals surface area (Å²) in [5, 5.41) is 5.67. The molecular weight excluding hydrogens is 390 g/mol. The van der Waals surface area contributed by atoms with Crippen molar-refractivity contribution in [3.8, 4) is 0 Å². The minimum absolute atomic E-state index is 0.137. The van der Waals surface area contributed by atoms with Crippen LogP contribution < -0.4 is 15.5 Å². The van der Waals surface area contributed by atoms with E-state index in [1.165, 1.54) is 0 Å². The molecule has 1 aliphatic carbocycles. The fourth-order valence-electron chi connectivity index (χ4n) is 4.45. The fraction of sp³-hybridized carbons (Fsp3) is 0.440. The SMILES string of the molecule is CC1CN(c2ccc(NC(=O)C(=O)NC(c3ccccc3)C3CC3C)cc2)CC(C)O1. The maximum Gasteiger partial charge on any atom is 0.313 e. The molecule has 2 N–H and O–H groups in total. The average Bonchev–Trinajstić information content (AvgIpc) is 3.48. The molecule has 0 spiro atoms. The topological polar surface area (TPSA) is 70.7 Å². The summed E-state index contributed by atoms with van der Waals surface area (Å²) in [5.74, 6) is -0.327. The van der Waals surface area contributed by atoms with Crippen molar-refractivity contribution in [3.05, 3.63) is 60.2 Å². The molecule has 6 heteroatoms. The molecule has 1 saturated carbocycles. The molecule has 2 aromatic carbocycles. The van der Waals surface area contributed by atoms with Crippen LogP contribution in [0.15, 0.2) is 54.6 Å². The fourth-order valence-corrected chi connectivity index (χ4v) is 4.45. The first-order valence-electron chi connectivity index (χ1n) is 11.1. The molecule has 2 aliphatic rings. The number of hydrogen-bond acceptors (Lipinski definition) is 4. The van der Waals surface area contributed by atoms with E-state index in [2.05, 4.69) is 36.3 Å². The van der Waals surface area contributed by atoms with E-state index >= 15 is 0 Å². The highest BCUT2D eigenvalue weighted by Gasteiger charge is 2.41. The maximum absolute atomic E-state index is 12.6. The Hall–Kier alpha value is -2.86. The van der Waals surface area contributed by atoms with Gasteiger partial charge in [-0.3, -0.25) is 9.59 Å². The van der Waals surface area contributed by atoms with Gasteiger partial charge < -0.3 is 20.3 Å². The van der Waals surface area contributed by atoms with Gasteiger partial charge in [0.15, 0.2) is 0 Å². The number of ether oxygens (including phenoxy) is 1. The van der Waals surface area contributed by atoms with E-state index in [-0.39, 0.29) is 18.2 Å². The Balaban J connectivity index is 1.37. The predicted octanol–water partition coefficient (Wildman–Crippen LogP) is 3.75. The van der Waals surface area contributed by atoms with Crippen molar-refractivity contribution < 1.29 is 14.3 Å². The number of nitrogens with zero attached hydrogens (tertiary/aromatic N) is 1. The van der Waals surface area contributed by atoms with Crippen LogP contribution in [0.1, 0.15) is 38.8 Å². The Morgan fingerprint density at radius 3 is 2.13 bits per heavy atom. The standard InChI is InChI=1S/C25H31N3O3/c1-16-13-22(16)23(19-7-5-4-6-8-19)27-25(30)24(29)26-20-9-11-21(12-10-20)28-14-17(2)31-18(3)15-28/h4-12,16-18,22-23H,13-15H2,1-3H3,(H,26,29)(H,27,30). The highest BCUT2D eigenvalue weighted by molar-refractivity contribution is 6.39. The summed E-state index contributed by atoms with van der Waals surface area (Å²) in [5.41, 5.74) is 2.72. The molecule has 2 fully saturated rings. The smallest absolute Gasteiger partial charge is 0.313 e. The molecule has 0 aromatic heterocycles. The van der Waals surface area contributed by atoms with Crippen LogP contribution in [-0.2, 0) is 14.3 Å². The quantitative estimate of drug-likeness (QED) is 0.722. The monoisotopic (exact) mass is 421 g/mol. The second-order valence-electron chi connectivity index (χ2n) is 8.90. The Labute approximate surface area is 184 Å². The van der Waals surface area contributed by atoms with Crippen molar-refractivity contribution in [1.82, 2.24) is 5.32 Å². The molecule has 1 saturated heterocycles. The van der Waals surface area contributed by atoms with Crippen LogP contribution >= 0.6 is 0 Å². The largest absolute Gasteiger partial charge is 0.372 e. The third-order valence-electron chi connectivity index (χ3n) is 6.16. The van der Waals surface area contributed by atoms with Gasteiger partial charge in [0.1, 0.15) is 0 Å². The molecule has 31 heavy (non-hydrogen) atoms. The number of nitrogens with one attached hydrogen (secondary N) is 2. The second-order valence-corrected chi connectivity index (χ2v) is 8.90. The van der Waals surface area contributed by atoms with Gasteiger partial charge in [-0.15, -0.1) is 0 Å². The van der Waals surface area contributed by atoms with Gasteiger partial charge in [-0.1, -0.05) is 37.3 Å². The number of hydrogen-bond donors (Lipinski definition) is 2. The van der Waals surface area contributed by atoms with Crippen LogP contribution in [0.3, 0.4) is 0 Å². The van der Waals surface area contributed by atoms with Crippen molar-refractivity contribution in [1.29, 1.82) is 0 Å². The highest BCUT2D eigenvalue weighted by Crippen LogP contribution is 2.46. The minimum atomic E-state index is -0.643. The number of rotatable bonds is 5. The predicted molar refractivity (Wildman–Crippen MR) is 122 cm³/mol. The zero-order valence-electron chi connectivity index (χ0n) is 18.4. The second kappa shape index (κ2) is 9.10. The Morgan fingerprint density at radius 1 is 0.935 bits per heavy atom. The first-order chi connectivity index (χ1) is 14.9. The van der Waals surface area contributed by atoms with Crippen LogP contribution in [0.5, 0.6) is 0 Å². The number of carbonyl (C=O) groups excluding carboxylic acids is 2. The summed E-state index contributed by atoms with van der Waals surface area (Å²) in [4.78, 5) is 27.4. The van der Waals surface area contributed by atoms with Crippen molar-refractivity contribution >= 4 is 23.2 Å². The summed E-state index contributed by atoms with van der Waals surface area (Å²) in [6, 6.07) is 17.3. The van der Waals surface area contributed by atoms with Gasteiger partial charge in [-0.25, -0.2) is 0 Å². The third kappa shape index (κ3) is 5.25. The van der Waals surface area contributed by atoms with Crippen molar-refractivity contribution in [2.45, 2.75) is 45.4 Å². The minimum Gasteiger partial charge on any atom is -0.372 e. The van der Waals surface area contributed by atoms with Gasteiger partial charge in [0.2, 0.25) is 0 Å². The van der Waals surface area contributed by atoms with Crippen LogP contribution in [0.2, 0.25) is 0 Å².